The molecule has 5 rings (SSSR count). The summed E-state index contributed by atoms with van der Waals surface area (Å²) in [7, 11) is 1.68. The molecule has 1 amide bonds. The Morgan fingerprint density at radius 3 is 2.54 bits per heavy atom. The summed E-state index contributed by atoms with van der Waals surface area (Å²) >= 11 is 0. The van der Waals surface area contributed by atoms with Crippen LogP contribution in [-0.4, -0.2) is 60.0 Å². The van der Waals surface area contributed by atoms with Crippen LogP contribution in [0, 0.1) is 11.2 Å². The second kappa shape index (κ2) is 8.14. The van der Waals surface area contributed by atoms with Crippen molar-refractivity contribution in [2.75, 3.05) is 13.1 Å². The molecule has 3 heterocycles. The van der Waals surface area contributed by atoms with E-state index in [4.69, 9.17) is 4.74 Å². The summed E-state index contributed by atoms with van der Waals surface area (Å²) in [5.41, 5.74) is 1.67. The summed E-state index contributed by atoms with van der Waals surface area (Å²) in [4.78, 5) is 32.8. The number of carbonyl (C=O) groups excluding carboxylic acids is 2. The van der Waals surface area contributed by atoms with E-state index in [0.717, 1.165) is 22.5 Å². The third kappa shape index (κ3) is 4.02. The fourth-order valence-corrected chi connectivity index (χ4v) is 4.84. The molecule has 0 radical (unpaired) electrons. The number of piperidine rings is 1. The first-order chi connectivity index (χ1) is 16.6. The van der Waals surface area contributed by atoms with E-state index >= 15 is 0 Å². The molecule has 0 saturated carbocycles. The van der Waals surface area contributed by atoms with Gasteiger partial charge < -0.3 is 9.64 Å². The Kier molecular flexibility index (Phi) is 5.34. The van der Waals surface area contributed by atoms with Crippen molar-refractivity contribution in [1.29, 1.82) is 0 Å². The summed E-state index contributed by atoms with van der Waals surface area (Å²) in [6, 6.07) is 6.11. The van der Waals surface area contributed by atoms with Gasteiger partial charge in [-0.1, -0.05) is 5.57 Å². The fourth-order valence-electron chi connectivity index (χ4n) is 4.84. The van der Waals surface area contributed by atoms with Crippen LogP contribution in [0.1, 0.15) is 49.1 Å². The molecule has 182 valence electrons. The molecule has 0 spiro atoms. The monoisotopic (exact) mass is 478 g/mol. The topological polar surface area (TPSA) is 95.1 Å². The quantitative estimate of drug-likeness (QED) is 0.534. The largest absolute Gasteiger partial charge is 0.444 e. The first-order valence-electron chi connectivity index (χ1n) is 11.5. The SMILES string of the molecule is Cn1ncnc1C(=O)[C@]12Cc3cnn(-c4ccc(F)cc4)c3C=C1CCN(C(=O)OC(C)(C)C)C2. The number of likely N-dealkylation sites (tertiary alicyclic amines) is 1. The summed E-state index contributed by atoms with van der Waals surface area (Å²) in [6.07, 6.45) is 5.45. The second-order valence-electron chi connectivity index (χ2n) is 10.1. The van der Waals surface area contributed by atoms with E-state index in [9.17, 15) is 14.0 Å². The standard InChI is InChI=1S/C25H27FN6O3/c1-24(2,3)35-23(34)31-10-9-17-11-20-16(13-28-32(20)19-7-5-18(26)6-8-19)12-25(17,14-31)21(33)22-27-15-29-30(22)4/h5-8,11,13,15H,9-10,12,14H2,1-4H3/t25-/m0/s1. The number of nitrogens with zero attached hydrogens (tertiary/aromatic N) is 6. The number of ketones is 1. The van der Waals surface area contributed by atoms with Gasteiger partial charge in [0.15, 0.2) is 5.82 Å². The van der Waals surface area contributed by atoms with Gasteiger partial charge in [0.1, 0.15) is 17.7 Å². The molecule has 3 aromatic rings. The third-order valence-corrected chi connectivity index (χ3v) is 6.49. The zero-order valence-corrected chi connectivity index (χ0v) is 20.2. The van der Waals surface area contributed by atoms with Gasteiger partial charge >= 0.3 is 6.09 Å². The number of Topliss-reactive ketones (excluding diaryl/α,β-unsaturated/α-hetero) is 1. The number of amides is 1. The van der Waals surface area contributed by atoms with Crippen molar-refractivity contribution < 1.29 is 18.7 Å². The van der Waals surface area contributed by atoms with E-state index in [1.807, 2.05) is 26.8 Å². The maximum Gasteiger partial charge on any atom is 0.410 e. The highest BCUT2D eigenvalue weighted by atomic mass is 19.1. The average molecular weight is 479 g/mol. The second-order valence-corrected chi connectivity index (χ2v) is 10.1. The van der Waals surface area contributed by atoms with Gasteiger partial charge in [0.2, 0.25) is 5.78 Å². The van der Waals surface area contributed by atoms with E-state index in [1.165, 1.54) is 23.1 Å². The van der Waals surface area contributed by atoms with E-state index < -0.39 is 17.1 Å². The van der Waals surface area contributed by atoms with Gasteiger partial charge in [0.05, 0.1) is 23.0 Å². The molecule has 1 aliphatic carbocycles. The number of ether oxygens (including phenoxy) is 1. The first-order valence-corrected chi connectivity index (χ1v) is 11.5. The van der Waals surface area contributed by atoms with Crippen molar-refractivity contribution in [2.24, 2.45) is 12.5 Å². The van der Waals surface area contributed by atoms with Gasteiger partial charge in [-0.25, -0.2) is 23.5 Å². The van der Waals surface area contributed by atoms with E-state index in [-0.39, 0.29) is 24.0 Å². The van der Waals surface area contributed by atoms with Crippen LogP contribution in [0.25, 0.3) is 11.8 Å². The van der Waals surface area contributed by atoms with Gasteiger partial charge in [-0.3, -0.25) is 4.79 Å². The number of aromatic nitrogens is 5. The molecule has 35 heavy (non-hydrogen) atoms. The Hall–Kier alpha value is -3.82. The van der Waals surface area contributed by atoms with Crippen LogP contribution in [0.3, 0.4) is 0 Å². The molecule has 0 bridgehead atoms. The molecular formula is C25H27FN6O3. The van der Waals surface area contributed by atoms with Crippen LogP contribution < -0.4 is 0 Å². The smallest absolute Gasteiger partial charge is 0.410 e. The number of halogens is 1. The Bertz CT molecular complexity index is 1330. The minimum Gasteiger partial charge on any atom is -0.444 e. The van der Waals surface area contributed by atoms with Crippen LogP contribution in [-0.2, 0) is 18.2 Å². The van der Waals surface area contributed by atoms with Crippen molar-refractivity contribution in [2.45, 2.75) is 39.2 Å². The highest BCUT2D eigenvalue weighted by Crippen LogP contribution is 2.46. The maximum atomic E-state index is 14.0. The summed E-state index contributed by atoms with van der Waals surface area (Å²) in [5.74, 6) is -0.288. The zero-order chi connectivity index (χ0) is 25.0. The predicted octanol–water partition coefficient (Wildman–Crippen LogP) is 3.59. The fraction of sp³-hybridized carbons (Fsp3) is 0.400. The van der Waals surface area contributed by atoms with Crippen LogP contribution in [0.2, 0.25) is 0 Å². The number of rotatable bonds is 3. The Morgan fingerprint density at radius 2 is 1.89 bits per heavy atom. The van der Waals surface area contributed by atoms with Crippen molar-refractivity contribution in [1.82, 2.24) is 29.4 Å². The molecule has 9 nitrogen and oxygen atoms in total. The van der Waals surface area contributed by atoms with E-state index in [1.54, 1.807) is 35.0 Å². The number of carbonyl (C=O) groups is 2. The molecule has 1 saturated heterocycles. The zero-order valence-electron chi connectivity index (χ0n) is 20.2. The summed E-state index contributed by atoms with van der Waals surface area (Å²) < 4.78 is 22.3. The van der Waals surface area contributed by atoms with Gasteiger partial charge in [-0.15, -0.1) is 0 Å². The van der Waals surface area contributed by atoms with Gasteiger partial charge in [-0.2, -0.15) is 10.2 Å². The molecule has 0 unspecified atom stereocenters. The Labute approximate surface area is 202 Å². The van der Waals surface area contributed by atoms with E-state index in [2.05, 4.69) is 15.2 Å². The van der Waals surface area contributed by atoms with Gasteiger partial charge in [0, 0.05) is 20.1 Å². The minimum absolute atomic E-state index is 0.167. The Morgan fingerprint density at radius 1 is 1.14 bits per heavy atom. The lowest BCUT2D eigenvalue weighted by Gasteiger charge is -2.45. The molecule has 1 aromatic carbocycles. The van der Waals surface area contributed by atoms with Gasteiger partial charge in [-0.05, 0) is 69.5 Å². The molecule has 1 atom stereocenters. The van der Waals surface area contributed by atoms with E-state index in [0.29, 0.717) is 19.4 Å². The molecule has 1 fully saturated rings. The summed E-state index contributed by atoms with van der Waals surface area (Å²) in [5, 5.41) is 8.61. The number of hydrogen-bond acceptors (Lipinski definition) is 6. The van der Waals surface area contributed by atoms with Crippen molar-refractivity contribution in [3.05, 3.63) is 65.3 Å². The lowest BCUT2D eigenvalue weighted by atomic mass is 9.65. The predicted molar refractivity (Wildman–Crippen MR) is 125 cm³/mol. The van der Waals surface area contributed by atoms with Crippen molar-refractivity contribution in [3.63, 3.8) is 0 Å². The molecule has 10 heteroatoms. The molecule has 2 aliphatic rings. The normalized spacial score (nSPS) is 19.6. The number of benzene rings is 1. The van der Waals surface area contributed by atoms with Gasteiger partial charge in [0.25, 0.3) is 0 Å². The van der Waals surface area contributed by atoms with Crippen molar-refractivity contribution >= 4 is 18.0 Å². The lowest BCUT2D eigenvalue weighted by Crippen LogP contribution is -2.54. The molecular weight excluding hydrogens is 451 g/mol. The molecule has 2 aromatic heterocycles. The molecule has 0 N–H and O–H groups in total. The van der Waals surface area contributed by atoms with Crippen LogP contribution in [0.4, 0.5) is 9.18 Å². The van der Waals surface area contributed by atoms with Crippen LogP contribution >= 0.6 is 0 Å². The number of hydrogen-bond donors (Lipinski definition) is 0. The average Bonchev–Trinajstić information content (AvgIpc) is 3.41. The first kappa shape index (κ1) is 22.9. The molecule has 1 aliphatic heterocycles. The highest BCUT2D eigenvalue weighted by molar-refractivity contribution is 6.02. The Balaban J connectivity index is 1.57. The van der Waals surface area contributed by atoms with Crippen LogP contribution in [0.5, 0.6) is 0 Å². The highest BCUT2D eigenvalue weighted by Gasteiger charge is 2.51. The number of fused-ring (bicyclic) bond motifs is 2. The lowest BCUT2D eigenvalue weighted by molar-refractivity contribution is 0.0137. The van der Waals surface area contributed by atoms with Crippen molar-refractivity contribution in [3.8, 4) is 5.69 Å². The third-order valence-electron chi connectivity index (χ3n) is 6.49. The van der Waals surface area contributed by atoms with Crippen LogP contribution in [0.15, 0.2) is 42.4 Å². The minimum atomic E-state index is -1.01. The summed E-state index contributed by atoms with van der Waals surface area (Å²) in [6.45, 7) is 6.04. The maximum absolute atomic E-state index is 14.0. The number of aryl methyl sites for hydroxylation is 1.